The summed E-state index contributed by atoms with van der Waals surface area (Å²) in [5.41, 5.74) is 7.72. The van der Waals surface area contributed by atoms with Crippen LogP contribution in [0.3, 0.4) is 0 Å². The van der Waals surface area contributed by atoms with Crippen LogP contribution in [0.5, 0.6) is 0 Å². The maximum Gasteiger partial charge on any atom is 0.248 e. The molecule has 106 valence electrons. The highest BCUT2D eigenvalue weighted by Crippen LogP contribution is 2.07. The second-order valence-corrected chi connectivity index (χ2v) is 4.32. The quantitative estimate of drug-likeness (QED) is 0.706. The first-order valence-electron chi connectivity index (χ1n) is 6.26. The summed E-state index contributed by atoms with van der Waals surface area (Å²) >= 11 is 0. The molecule has 19 heavy (non-hydrogen) atoms. The molecule has 1 aromatic carbocycles. The van der Waals surface area contributed by atoms with E-state index in [2.05, 4.69) is 0 Å². The predicted octanol–water partition coefficient (Wildman–Crippen LogP) is 0.767. The Morgan fingerprint density at radius 3 is 2.74 bits per heavy atom. The van der Waals surface area contributed by atoms with E-state index in [4.69, 9.17) is 15.2 Å². The summed E-state index contributed by atoms with van der Waals surface area (Å²) < 4.78 is 10.0. The Bertz CT molecular complexity index is 396. The summed E-state index contributed by atoms with van der Waals surface area (Å²) in [6, 6.07) is 7.91. The minimum absolute atomic E-state index is 0.0470. The average molecular weight is 266 g/mol. The fourth-order valence-electron chi connectivity index (χ4n) is 1.63. The highest BCUT2D eigenvalue weighted by Gasteiger charge is 2.09. The number of carbonyl (C=O) groups is 1. The van der Waals surface area contributed by atoms with E-state index in [9.17, 15) is 4.79 Å². The highest BCUT2D eigenvalue weighted by molar-refractivity contribution is 5.77. The van der Waals surface area contributed by atoms with E-state index in [0.717, 1.165) is 11.1 Å². The Balaban J connectivity index is 2.40. The van der Waals surface area contributed by atoms with Crippen molar-refractivity contribution in [1.29, 1.82) is 0 Å². The minimum Gasteiger partial charge on any atom is -0.382 e. The SMILES string of the molecule is COCCOCC(=O)N(C)Cc1cccc(CN)c1. The van der Waals surface area contributed by atoms with Gasteiger partial charge in [0.05, 0.1) is 13.2 Å². The van der Waals surface area contributed by atoms with Gasteiger partial charge in [0.1, 0.15) is 6.61 Å². The first-order chi connectivity index (χ1) is 9.17. The van der Waals surface area contributed by atoms with Crippen molar-refractivity contribution >= 4 is 5.91 Å². The monoisotopic (exact) mass is 266 g/mol. The molecule has 0 unspecified atom stereocenters. The van der Waals surface area contributed by atoms with Gasteiger partial charge in [-0.05, 0) is 11.1 Å². The average Bonchev–Trinajstić information content (AvgIpc) is 2.43. The Morgan fingerprint density at radius 2 is 2.05 bits per heavy atom. The molecule has 0 heterocycles. The standard InChI is InChI=1S/C14H22N2O3/c1-16(14(17)11-19-7-6-18-2)10-13-5-3-4-12(8-13)9-15/h3-5,8H,6-7,9-11,15H2,1-2H3. The van der Waals surface area contributed by atoms with Crippen molar-refractivity contribution in [3.8, 4) is 0 Å². The number of carbonyl (C=O) groups excluding carboxylic acids is 1. The lowest BCUT2D eigenvalue weighted by Crippen LogP contribution is -2.30. The van der Waals surface area contributed by atoms with Gasteiger partial charge in [-0.25, -0.2) is 0 Å². The minimum atomic E-state index is -0.0470. The molecule has 0 aliphatic carbocycles. The third-order valence-corrected chi connectivity index (χ3v) is 2.73. The first-order valence-corrected chi connectivity index (χ1v) is 6.26. The molecule has 5 nitrogen and oxygen atoms in total. The predicted molar refractivity (Wildman–Crippen MR) is 73.5 cm³/mol. The van der Waals surface area contributed by atoms with E-state index >= 15 is 0 Å². The summed E-state index contributed by atoms with van der Waals surface area (Å²) in [6.07, 6.45) is 0. The molecule has 0 aliphatic rings. The van der Waals surface area contributed by atoms with Crippen LogP contribution in [0.4, 0.5) is 0 Å². The Hall–Kier alpha value is -1.43. The van der Waals surface area contributed by atoms with Crippen molar-refractivity contribution < 1.29 is 14.3 Å². The second-order valence-electron chi connectivity index (χ2n) is 4.32. The van der Waals surface area contributed by atoms with E-state index in [1.54, 1.807) is 19.1 Å². The molecule has 0 fully saturated rings. The van der Waals surface area contributed by atoms with Gasteiger partial charge in [0.25, 0.3) is 0 Å². The van der Waals surface area contributed by atoms with Crippen LogP contribution < -0.4 is 5.73 Å². The molecule has 1 amide bonds. The molecular weight excluding hydrogens is 244 g/mol. The number of nitrogens with two attached hydrogens (primary N) is 1. The molecule has 0 spiro atoms. The van der Waals surface area contributed by atoms with Crippen LogP contribution in [0.2, 0.25) is 0 Å². The molecule has 0 aromatic heterocycles. The molecule has 0 radical (unpaired) electrons. The maximum absolute atomic E-state index is 11.8. The van der Waals surface area contributed by atoms with Gasteiger partial charge >= 0.3 is 0 Å². The summed E-state index contributed by atoms with van der Waals surface area (Å²) in [4.78, 5) is 13.4. The Kier molecular flexibility index (Phi) is 7.10. The smallest absolute Gasteiger partial charge is 0.248 e. The zero-order chi connectivity index (χ0) is 14.1. The number of hydrogen-bond donors (Lipinski definition) is 1. The number of nitrogens with zero attached hydrogens (tertiary/aromatic N) is 1. The zero-order valence-corrected chi connectivity index (χ0v) is 11.6. The van der Waals surface area contributed by atoms with Crippen molar-refractivity contribution in [2.24, 2.45) is 5.73 Å². The van der Waals surface area contributed by atoms with Crippen molar-refractivity contribution in [3.63, 3.8) is 0 Å². The van der Waals surface area contributed by atoms with E-state index < -0.39 is 0 Å². The number of ether oxygens (including phenoxy) is 2. The maximum atomic E-state index is 11.8. The zero-order valence-electron chi connectivity index (χ0n) is 11.6. The molecule has 1 aromatic rings. The molecule has 0 aliphatic heterocycles. The summed E-state index contributed by atoms with van der Waals surface area (Å²) in [5.74, 6) is -0.0470. The number of likely N-dealkylation sites (N-methyl/N-ethyl adjacent to an activating group) is 1. The van der Waals surface area contributed by atoms with Gasteiger partial charge in [0.15, 0.2) is 0 Å². The molecule has 1 rings (SSSR count). The van der Waals surface area contributed by atoms with Crippen molar-refractivity contribution in [2.45, 2.75) is 13.1 Å². The molecule has 0 saturated heterocycles. The van der Waals surface area contributed by atoms with Gasteiger partial charge in [-0.15, -0.1) is 0 Å². The Labute approximate surface area is 114 Å². The lowest BCUT2D eigenvalue weighted by molar-refractivity contribution is -0.135. The van der Waals surface area contributed by atoms with Gasteiger partial charge in [0, 0.05) is 27.2 Å². The van der Waals surface area contributed by atoms with E-state index in [-0.39, 0.29) is 12.5 Å². The molecule has 5 heteroatoms. The van der Waals surface area contributed by atoms with Crippen LogP contribution in [0.25, 0.3) is 0 Å². The molecular formula is C14H22N2O3. The highest BCUT2D eigenvalue weighted by atomic mass is 16.5. The fraction of sp³-hybridized carbons (Fsp3) is 0.500. The normalized spacial score (nSPS) is 10.5. The lowest BCUT2D eigenvalue weighted by Gasteiger charge is -2.17. The van der Waals surface area contributed by atoms with Gasteiger partial charge in [-0.2, -0.15) is 0 Å². The largest absolute Gasteiger partial charge is 0.382 e. The Morgan fingerprint density at radius 1 is 1.32 bits per heavy atom. The third-order valence-electron chi connectivity index (χ3n) is 2.73. The first kappa shape index (κ1) is 15.6. The van der Waals surface area contributed by atoms with Crippen LogP contribution in [0, 0.1) is 0 Å². The molecule has 0 atom stereocenters. The topological polar surface area (TPSA) is 64.8 Å². The lowest BCUT2D eigenvalue weighted by atomic mass is 10.1. The molecule has 0 saturated carbocycles. The van der Waals surface area contributed by atoms with Gasteiger partial charge in [0.2, 0.25) is 5.91 Å². The summed E-state index contributed by atoms with van der Waals surface area (Å²) in [6.45, 7) is 2.07. The van der Waals surface area contributed by atoms with Crippen molar-refractivity contribution in [2.75, 3.05) is 34.0 Å². The van der Waals surface area contributed by atoms with Crippen molar-refractivity contribution in [3.05, 3.63) is 35.4 Å². The van der Waals surface area contributed by atoms with Crippen LogP contribution in [0.15, 0.2) is 24.3 Å². The third kappa shape index (κ3) is 5.83. The van der Waals surface area contributed by atoms with E-state index in [1.165, 1.54) is 0 Å². The number of rotatable bonds is 8. The van der Waals surface area contributed by atoms with Crippen LogP contribution in [-0.4, -0.2) is 44.8 Å². The molecule has 2 N–H and O–H groups in total. The van der Waals surface area contributed by atoms with Gasteiger partial charge in [-0.3, -0.25) is 4.79 Å². The summed E-state index contributed by atoms with van der Waals surface area (Å²) in [5, 5.41) is 0. The van der Waals surface area contributed by atoms with Gasteiger partial charge < -0.3 is 20.1 Å². The van der Waals surface area contributed by atoms with Crippen LogP contribution in [-0.2, 0) is 27.4 Å². The van der Waals surface area contributed by atoms with E-state index in [0.29, 0.717) is 26.3 Å². The van der Waals surface area contributed by atoms with Crippen LogP contribution in [0.1, 0.15) is 11.1 Å². The fourth-order valence-corrected chi connectivity index (χ4v) is 1.63. The summed E-state index contributed by atoms with van der Waals surface area (Å²) in [7, 11) is 3.36. The number of amides is 1. The number of hydrogen-bond acceptors (Lipinski definition) is 4. The second kappa shape index (κ2) is 8.63. The number of methoxy groups -OCH3 is 1. The van der Waals surface area contributed by atoms with Crippen LogP contribution >= 0.6 is 0 Å². The van der Waals surface area contributed by atoms with E-state index in [1.807, 2.05) is 24.3 Å². The van der Waals surface area contributed by atoms with Gasteiger partial charge in [-0.1, -0.05) is 24.3 Å². The molecule has 0 bridgehead atoms. The number of benzene rings is 1. The van der Waals surface area contributed by atoms with Crippen molar-refractivity contribution in [1.82, 2.24) is 4.90 Å².